The smallest absolute Gasteiger partial charge is 0.227 e. The summed E-state index contributed by atoms with van der Waals surface area (Å²) in [5.74, 6) is -0.114. The Kier molecular flexibility index (Phi) is 5.58. The maximum absolute atomic E-state index is 12.6. The summed E-state index contributed by atoms with van der Waals surface area (Å²) in [5, 5.41) is 0. The van der Waals surface area contributed by atoms with E-state index in [0.29, 0.717) is 19.6 Å². The number of benzene rings is 1. The predicted molar refractivity (Wildman–Crippen MR) is 86.7 cm³/mol. The SMILES string of the molecule is CCS(=O)(=O)N1CCC[C@H](C(=O)N(C)Cc2ccccc2)C1. The fourth-order valence-electron chi connectivity index (χ4n) is 2.83. The van der Waals surface area contributed by atoms with E-state index in [4.69, 9.17) is 0 Å². The van der Waals surface area contributed by atoms with Gasteiger partial charge in [-0.05, 0) is 25.3 Å². The molecule has 2 rings (SSSR count). The van der Waals surface area contributed by atoms with Crippen molar-refractivity contribution >= 4 is 15.9 Å². The minimum absolute atomic E-state index is 0.0276. The van der Waals surface area contributed by atoms with Gasteiger partial charge < -0.3 is 4.90 Å². The maximum atomic E-state index is 12.6. The molecule has 0 spiro atoms. The normalized spacial score (nSPS) is 19.8. The maximum Gasteiger partial charge on any atom is 0.227 e. The molecule has 1 aromatic rings. The molecular formula is C16H24N2O3S. The standard InChI is InChI=1S/C16H24N2O3S/c1-3-22(20,21)18-11-7-10-15(13-18)16(19)17(2)12-14-8-5-4-6-9-14/h4-6,8-9,15H,3,7,10-13H2,1-2H3/t15-/m0/s1. The quantitative estimate of drug-likeness (QED) is 0.828. The van der Waals surface area contributed by atoms with E-state index in [1.165, 1.54) is 4.31 Å². The molecule has 0 bridgehead atoms. The summed E-state index contributed by atoms with van der Waals surface area (Å²) in [5.41, 5.74) is 1.08. The second kappa shape index (κ2) is 7.24. The van der Waals surface area contributed by atoms with Crippen LogP contribution in [0.1, 0.15) is 25.3 Å². The number of sulfonamides is 1. The molecule has 1 heterocycles. The van der Waals surface area contributed by atoms with Crippen LogP contribution in [0, 0.1) is 5.92 Å². The summed E-state index contributed by atoms with van der Waals surface area (Å²) in [6.07, 6.45) is 1.50. The zero-order chi connectivity index (χ0) is 16.2. The second-order valence-electron chi connectivity index (χ2n) is 5.78. The van der Waals surface area contributed by atoms with Crippen molar-refractivity contribution in [2.45, 2.75) is 26.3 Å². The predicted octanol–water partition coefficient (Wildman–Crippen LogP) is 1.71. The minimum Gasteiger partial charge on any atom is -0.341 e. The van der Waals surface area contributed by atoms with Gasteiger partial charge in [-0.25, -0.2) is 12.7 Å². The molecule has 0 aliphatic carbocycles. The van der Waals surface area contributed by atoms with E-state index in [9.17, 15) is 13.2 Å². The first-order valence-corrected chi connectivity index (χ1v) is 9.31. The van der Waals surface area contributed by atoms with E-state index in [1.807, 2.05) is 30.3 Å². The van der Waals surface area contributed by atoms with Gasteiger partial charge in [0.1, 0.15) is 0 Å². The van der Waals surface area contributed by atoms with Crippen LogP contribution >= 0.6 is 0 Å². The number of amides is 1. The van der Waals surface area contributed by atoms with Crippen LogP contribution in [0.5, 0.6) is 0 Å². The van der Waals surface area contributed by atoms with Gasteiger partial charge in [0.25, 0.3) is 0 Å². The molecule has 0 unspecified atom stereocenters. The first-order chi connectivity index (χ1) is 10.4. The molecule has 0 N–H and O–H groups in total. The van der Waals surface area contributed by atoms with E-state index >= 15 is 0 Å². The Morgan fingerprint density at radius 3 is 2.64 bits per heavy atom. The number of hydrogen-bond acceptors (Lipinski definition) is 3. The second-order valence-corrected chi connectivity index (χ2v) is 8.04. The van der Waals surface area contributed by atoms with E-state index < -0.39 is 10.0 Å². The Morgan fingerprint density at radius 1 is 1.32 bits per heavy atom. The van der Waals surface area contributed by atoms with Crippen LogP contribution in [-0.2, 0) is 21.4 Å². The van der Waals surface area contributed by atoms with Crippen molar-refractivity contribution in [1.29, 1.82) is 0 Å². The van der Waals surface area contributed by atoms with E-state index in [2.05, 4.69) is 0 Å². The first-order valence-electron chi connectivity index (χ1n) is 7.70. The average molecular weight is 324 g/mol. The Balaban J connectivity index is 1.99. The molecule has 22 heavy (non-hydrogen) atoms. The van der Waals surface area contributed by atoms with Crippen LogP contribution in [0.3, 0.4) is 0 Å². The molecule has 1 aliphatic rings. The summed E-state index contributed by atoms with van der Waals surface area (Å²) in [6.45, 7) is 3.04. The van der Waals surface area contributed by atoms with Crippen LogP contribution in [-0.4, -0.2) is 49.4 Å². The molecule has 1 saturated heterocycles. The lowest BCUT2D eigenvalue weighted by Crippen LogP contribution is -2.46. The molecule has 1 atom stereocenters. The van der Waals surface area contributed by atoms with Gasteiger partial charge in [-0.3, -0.25) is 4.79 Å². The molecular weight excluding hydrogens is 300 g/mol. The highest BCUT2D eigenvalue weighted by Crippen LogP contribution is 2.21. The fourth-order valence-corrected chi connectivity index (χ4v) is 4.01. The zero-order valence-corrected chi connectivity index (χ0v) is 14.1. The van der Waals surface area contributed by atoms with Gasteiger partial charge in [-0.2, -0.15) is 0 Å². The molecule has 1 fully saturated rings. The average Bonchev–Trinajstić information content (AvgIpc) is 2.55. The molecule has 0 saturated carbocycles. The fraction of sp³-hybridized carbons (Fsp3) is 0.562. The molecule has 0 aromatic heterocycles. The number of piperidine rings is 1. The van der Waals surface area contributed by atoms with Crippen LogP contribution in [0.2, 0.25) is 0 Å². The van der Waals surface area contributed by atoms with Crippen molar-refractivity contribution in [3.63, 3.8) is 0 Å². The largest absolute Gasteiger partial charge is 0.341 e. The van der Waals surface area contributed by atoms with Gasteiger partial charge in [-0.1, -0.05) is 30.3 Å². The lowest BCUT2D eigenvalue weighted by molar-refractivity contribution is -0.135. The minimum atomic E-state index is -3.21. The number of hydrogen-bond donors (Lipinski definition) is 0. The van der Waals surface area contributed by atoms with Crippen molar-refractivity contribution in [3.05, 3.63) is 35.9 Å². The lowest BCUT2D eigenvalue weighted by Gasteiger charge is -2.33. The molecule has 122 valence electrons. The summed E-state index contributed by atoms with van der Waals surface area (Å²) < 4.78 is 25.4. The van der Waals surface area contributed by atoms with Gasteiger partial charge in [0.05, 0.1) is 11.7 Å². The summed E-state index contributed by atoms with van der Waals surface area (Å²) in [7, 11) is -1.43. The van der Waals surface area contributed by atoms with Gasteiger partial charge in [0.15, 0.2) is 0 Å². The highest BCUT2D eigenvalue weighted by molar-refractivity contribution is 7.89. The first kappa shape index (κ1) is 17.0. The van der Waals surface area contributed by atoms with Crippen molar-refractivity contribution in [3.8, 4) is 0 Å². The van der Waals surface area contributed by atoms with E-state index in [0.717, 1.165) is 18.4 Å². The van der Waals surface area contributed by atoms with Crippen molar-refractivity contribution in [1.82, 2.24) is 9.21 Å². The number of carbonyl (C=O) groups excluding carboxylic acids is 1. The van der Waals surface area contributed by atoms with Gasteiger partial charge in [0.2, 0.25) is 15.9 Å². The van der Waals surface area contributed by atoms with Crippen molar-refractivity contribution in [2.75, 3.05) is 25.9 Å². The Morgan fingerprint density at radius 2 is 2.00 bits per heavy atom. The van der Waals surface area contributed by atoms with Gasteiger partial charge in [0, 0.05) is 26.7 Å². The molecule has 1 aromatic carbocycles. The summed E-state index contributed by atoms with van der Waals surface area (Å²) in [6, 6.07) is 9.81. The van der Waals surface area contributed by atoms with Gasteiger partial charge in [-0.15, -0.1) is 0 Å². The van der Waals surface area contributed by atoms with Crippen LogP contribution in [0.4, 0.5) is 0 Å². The summed E-state index contributed by atoms with van der Waals surface area (Å²) in [4.78, 5) is 14.3. The number of rotatable bonds is 5. The molecule has 5 nitrogen and oxygen atoms in total. The van der Waals surface area contributed by atoms with E-state index in [1.54, 1.807) is 18.9 Å². The van der Waals surface area contributed by atoms with Crippen molar-refractivity contribution < 1.29 is 13.2 Å². The van der Waals surface area contributed by atoms with Crippen LogP contribution in [0.25, 0.3) is 0 Å². The molecule has 0 radical (unpaired) electrons. The monoisotopic (exact) mass is 324 g/mol. The summed E-state index contributed by atoms with van der Waals surface area (Å²) >= 11 is 0. The third-order valence-corrected chi connectivity index (χ3v) is 5.98. The number of nitrogens with zero attached hydrogens (tertiary/aromatic N) is 2. The molecule has 1 amide bonds. The highest BCUT2D eigenvalue weighted by atomic mass is 32.2. The Hall–Kier alpha value is -1.40. The number of carbonyl (C=O) groups is 1. The third kappa shape index (κ3) is 4.08. The van der Waals surface area contributed by atoms with Gasteiger partial charge >= 0.3 is 0 Å². The van der Waals surface area contributed by atoms with Crippen LogP contribution in [0.15, 0.2) is 30.3 Å². The highest BCUT2D eigenvalue weighted by Gasteiger charge is 2.32. The Labute approximate surface area is 133 Å². The molecule has 6 heteroatoms. The van der Waals surface area contributed by atoms with E-state index in [-0.39, 0.29) is 17.6 Å². The third-order valence-electron chi connectivity index (χ3n) is 4.13. The molecule has 1 aliphatic heterocycles. The Bertz CT molecular complexity index is 601. The lowest BCUT2D eigenvalue weighted by atomic mass is 9.98. The topological polar surface area (TPSA) is 57.7 Å². The van der Waals surface area contributed by atoms with Crippen molar-refractivity contribution in [2.24, 2.45) is 5.92 Å². The van der Waals surface area contributed by atoms with Crippen LogP contribution < -0.4 is 0 Å². The zero-order valence-electron chi connectivity index (χ0n) is 13.2.